The van der Waals surface area contributed by atoms with E-state index in [2.05, 4.69) is 9.97 Å². The van der Waals surface area contributed by atoms with Crippen molar-refractivity contribution >= 4 is 22.7 Å². The molecule has 1 aliphatic rings. The summed E-state index contributed by atoms with van der Waals surface area (Å²) in [5, 5.41) is 21.5. The Kier molecular flexibility index (Phi) is 4.60. The third-order valence-corrected chi connectivity index (χ3v) is 5.22. The largest absolute Gasteiger partial charge is 0.510 e. The van der Waals surface area contributed by atoms with E-state index in [1.807, 2.05) is 46.7 Å². The molecule has 2 N–H and O–H groups in total. The topological polar surface area (TPSA) is 82.3 Å². The van der Waals surface area contributed by atoms with E-state index in [0.717, 1.165) is 22.6 Å². The summed E-state index contributed by atoms with van der Waals surface area (Å²) in [7, 11) is 1.63. The molecule has 2 aromatic heterocycles. The summed E-state index contributed by atoms with van der Waals surface area (Å²) >= 11 is 1.42. The molecule has 136 valence electrons. The second kappa shape index (κ2) is 7.20. The van der Waals surface area contributed by atoms with Gasteiger partial charge in [-0.3, -0.25) is 10.4 Å². The second-order valence-corrected chi connectivity index (χ2v) is 7.02. The van der Waals surface area contributed by atoms with Crippen LogP contribution in [-0.2, 0) is 6.54 Å². The fraction of sp³-hybridized carbons (Fsp3) is 0.150. The molecule has 0 radical (unpaired) electrons. The van der Waals surface area contributed by atoms with Crippen LogP contribution in [0.1, 0.15) is 10.6 Å². The van der Waals surface area contributed by atoms with Crippen LogP contribution in [0.15, 0.2) is 59.9 Å². The van der Waals surface area contributed by atoms with Crippen molar-refractivity contribution < 1.29 is 9.84 Å². The Bertz CT molecular complexity index is 1010. The number of hydrogen-bond acceptors (Lipinski definition) is 6. The van der Waals surface area contributed by atoms with Crippen LogP contribution < -0.4 is 4.74 Å². The van der Waals surface area contributed by atoms with E-state index in [-0.39, 0.29) is 11.6 Å². The van der Waals surface area contributed by atoms with E-state index in [0.29, 0.717) is 23.7 Å². The van der Waals surface area contributed by atoms with Gasteiger partial charge in [0.25, 0.3) is 0 Å². The molecule has 3 aromatic rings. The molecule has 1 aromatic carbocycles. The van der Waals surface area contributed by atoms with Gasteiger partial charge >= 0.3 is 0 Å². The smallest absolute Gasteiger partial charge is 0.135 e. The average molecular weight is 378 g/mol. The molecule has 0 aliphatic carbocycles. The highest BCUT2D eigenvalue weighted by atomic mass is 32.1. The third kappa shape index (κ3) is 3.41. The molecule has 0 spiro atoms. The summed E-state index contributed by atoms with van der Waals surface area (Å²) in [6.07, 6.45) is 3.49. The third-order valence-electron chi connectivity index (χ3n) is 4.36. The van der Waals surface area contributed by atoms with Crippen LogP contribution in [-0.4, -0.2) is 39.5 Å². The van der Waals surface area contributed by atoms with Crippen LogP contribution >= 0.6 is 11.3 Å². The molecule has 1 aliphatic heterocycles. The van der Waals surface area contributed by atoms with Crippen molar-refractivity contribution in [3.63, 3.8) is 0 Å². The first kappa shape index (κ1) is 17.2. The van der Waals surface area contributed by atoms with Crippen molar-refractivity contribution in [2.45, 2.75) is 6.54 Å². The number of nitrogens with zero attached hydrogens (tertiary/aromatic N) is 3. The molecule has 0 bridgehead atoms. The lowest BCUT2D eigenvalue weighted by atomic mass is 10.1. The monoisotopic (exact) mass is 378 g/mol. The molecule has 7 heteroatoms. The summed E-state index contributed by atoms with van der Waals surface area (Å²) in [4.78, 5) is 10.6. The van der Waals surface area contributed by atoms with Crippen LogP contribution in [0.25, 0.3) is 16.8 Å². The molecule has 0 fully saturated rings. The Morgan fingerprint density at radius 2 is 2.19 bits per heavy atom. The van der Waals surface area contributed by atoms with Gasteiger partial charge in [-0.2, -0.15) is 0 Å². The van der Waals surface area contributed by atoms with Gasteiger partial charge in [0.2, 0.25) is 0 Å². The Morgan fingerprint density at radius 1 is 1.30 bits per heavy atom. The lowest BCUT2D eigenvalue weighted by Gasteiger charge is -2.18. The number of thiazole rings is 1. The number of methoxy groups -OCH3 is 1. The van der Waals surface area contributed by atoms with Gasteiger partial charge in [0.15, 0.2) is 0 Å². The maximum absolute atomic E-state index is 10.5. The fourth-order valence-corrected chi connectivity index (χ4v) is 3.90. The average Bonchev–Trinajstić information content (AvgIpc) is 3.27. The van der Waals surface area contributed by atoms with E-state index in [9.17, 15) is 5.11 Å². The number of pyridine rings is 1. The van der Waals surface area contributed by atoms with E-state index in [1.165, 1.54) is 11.3 Å². The first-order chi connectivity index (χ1) is 13.2. The number of aliphatic hydroxyl groups is 1. The molecular formula is C20H18N4O2S. The predicted octanol–water partition coefficient (Wildman–Crippen LogP) is 3.98. The predicted molar refractivity (Wildman–Crippen MR) is 106 cm³/mol. The molecule has 0 amide bonds. The summed E-state index contributed by atoms with van der Waals surface area (Å²) in [6, 6.07) is 11.5. The highest BCUT2D eigenvalue weighted by Gasteiger charge is 2.30. The number of rotatable bonds is 5. The Labute approximate surface area is 160 Å². The highest BCUT2D eigenvalue weighted by molar-refractivity contribution is 7.11. The number of amidine groups is 1. The zero-order valence-corrected chi connectivity index (χ0v) is 15.5. The minimum atomic E-state index is 0.176. The van der Waals surface area contributed by atoms with Crippen LogP contribution in [0.2, 0.25) is 0 Å². The van der Waals surface area contributed by atoms with Gasteiger partial charge in [-0.1, -0.05) is 18.2 Å². The molecule has 0 unspecified atom stereocenters. The summed E-state index contributed by atoms with van der Waals surface area (Å²) in [6.45, 7) is 0.825. The van der Waals surface area contributed by atoms with Crippen LogP contribution in [0.3, 0.4) is 0 Å². The Balaban J connectivity index is 1.57. The van der Waals surface area contributed by atoms with Gasteiger partial charge in [0, 0.05) is 29.9 Å². The molecule has 6 nitrogen and oxygen atoms in total. The number of benzene rings is 1. The SMILES string of the molecule is COc1cccc(-c2csc(C3=C(O)CN(Cc4cccnc4)C3=N)n2)c1. The van der Waals surface area contributed by atoms with Crippen LogP contribution in [0, 0.1) is 5.41 Å². The van der Waals surface area contributed by atoms with E-state index in [4.69, 9.17) is 10.1 Å². The molecule has 3 heterocycles. The number of ether oxygens (including phenoxy) is 1. The van der Waals surface area contributed by atoms with Crippen molar-refractivity contribution in [2.24, 2.45) is 0 Å². The summed E-state index contributed by atoms with van der Waals surface area (Å²) < 4.78 is 5.27. The quantitative estimate of drug-likeness (QED) is 0.702. The normalized spacial score (nSPS) is 14.1. The minimum absolute atomic E-state index is 0.176. The molecule has 4 rings (SSSR count). The number of aromatic nitrogens is 2. The van der Waals surface area contributed by atoms with Gasteiger partial charge in [-0.05, 0) is 23.8 Å². The van der Waals surface area contributed by atoms with Gasteiger partial charge < -0.3 is 14.7 Å². The van der Waals surface area contributed by atoms with Crippen molar-refractivity contribution in [2.75, 3.05) is 13.7 Å². The van der Waals surface area contributed by atoms with Crippen molar-refractivity contribution in [1.29, 1.82) is 5.41 Å². The zero-order chi connectivity index (χ0) is 18.8. The molecule has 27 heavy (non-hydrogen) atoms. The Hall–Kier alpha value is -3.19. The maximum Gasteiger partial charge on any atom is 0.135 e. The summed E-state index contributed by atoms with van der Waals surface area (Å²) in [5.41, 5.74) is 3.23. The van der Waals surface area contributed by atoms with Gasteiger partial charge in [0.05, 0.1) is 24.9 Å². The molecule has 0 saturated heterocycles. The molecule has 0 atom stereocenters. The lowest BCUT2D eigenvalue weighted by molar-refractivity contribution is 0.347. The standard InChI is InChI=1S/C20H18N4O2S/c1-26-15-6-2-5-14(8-15)16-12-27-20(23-16)18-17(25)11-24(19(18)21)10-13-4-3-7-22-9-13/h2-9,12,21,25H,10-11H2,1H3. The number of aliphatic hydroxyl groups excluding tert-OH is 1. The zero-order valence-electron chi connectivity index (χ0n) is 14.7. The lowest BCUT2D eigenvalue weighted by Crippen LogP contribution is -2.26. The number of nitrogens with one attached hydrogen (secondary N) is 1. The van der Waals surface area contributed by atoms with Crippen molar-refractivity contribution in [3.05, 3.63) is 70.5 Å². The minimum Gasteiger partial charge on any atom is -0.510 e. The highest BCUT2D eigenvalue weighted by Crippen LogP contribution is 2.33. The first-order valence-corrected chi connectivity index (χ1v) is 9.29. The van der Waals surface area contributed by atoms with Gasteiger partial charge in [-0.15, -0.1) is 11.3 Å². The van der Waals surface area contributed by atoms with Crippen LogP contribution in [0.4, 0.5) is 0 Å². The fourth-order valence-electron chi connectivity index (χ4n) is 3.01. The Morgan fingerprint density at radius 3 is 2.96 bits per heavy atom. The molecular weight excluding hydrogens is 360 g/mol. The summed E-state index contributed by atoms with van der Waals surface area (Å²) in [5.74, 6) is 1.22. The van der Waals surface area contributed by atoms with E-state index in [1.54, 1.807) is 19.5 Å². The molecule has 0 saturated carbocycles. The maximum atomic E-state index is 10.5. The van der Waals surface area contributed by atoms with E-state index >= 15 is 0 Å². The van der Waals surface area contributed by atoms with Crippen molar-refractivity contribution in [1.82, 2.24) is 14.9 Å². The first-order valence-electron chi connectivity index (χ1n) is 8.41. The van der Waals surface area contributed by atoms with Gasteiger partial charge in [0.1, 0.15) is 22.4 Å². The second-order valence-electron chi connectivity index (χ2n) is 6.16. The van der Waals surface area contributed by atoms with Gasteiger partial charge in [-0.25, -0.2) is 4.98 Å². The number of hydrogen-bond donors (Lipinski definition) is 2. The van der Waals surface area contributed by atoms with E-state index < -0.39 is 0 Å². The van der Waals surface area contributed by atoms with Crippen molar-refractivity contribution in [3.8, 4) is 17.0 Å². The van der Waals surface area contributed by atoms with Crippen LogP contribution in [0.5, 0.6) is 5.75 Å².